The van der Waals surface area contributed by atoms with Crippen molar-refractivity contribution in [2.24, 2.45) is 0 Å². The molecule has 1 atom stereocenters. The summed E-state index contributed by atoms with van der Waals surface area (Å²) in [6.45, 7) is 1.90. The monoisotopic (exact) mass is 284 g/mol. The molecule has 3 nitrogen and oxygen atoms in total. The highest BCUT2D eigenvalue weighted by molar-refractivity contribution is 6.31. The van der Waals surface area contributed by atoms with Crippen LogP contribution in [0, 0.1) is 5.82 Å². The number of carbonyl (C=O) groups is 1. The third kappa shape index (κ3) is 4.18. The Bertz CT molecular complexity index is 425. The Kier molecular flexibility index (Phi) is 5.16. The van der Waals surface area contributed by atoms with Gasteiger partial charge in [-0.15, -0.1) is 0 Å². The van der Waals surface area contributed by atoms with E-state index in [1.54, 1.807) is 6.07 Å². The average Bonchev–Trinajstić information content (AvgIpc) is 2.63. The summed E-state index contributed by atoms with van der Waals surface area (Å²) in [6.07, 6.45) is 2.92. The first-order valence-electron chi connectivity index (χ1n) is 6.60. The van der Waals surface area contributed by atoms with E-state index in [0.717, 1.165) is 32.4 Å². The number of hydrogen-bond acceptors (Lipinski definition) is 2. The summed E-state index contributed by atoms with van der Waals surface area (Å²) >= 11 is 5.91. The van der Waals surface area contributed by atoms with Gasteiger partial charge in [0, 0.05) is 16.6 Å². The van der Waals surface area contributed by atoms with Gasteiger partial charge in [-0.2, -0.15) is 0 Å². The third-order valence-corrected chi connectivity index (χ3v) is 3.69. The summed E-state index contributed by atoms with van der Waals surface area (Å²) in [7, 11) is 0. The number of halogens is 2. The Hall–Kier alpha value is -1.13. The number of benzene rings is 1. The van der Waals surface area contributed by atoms with Gasteiger partial charge in [-0.3, -0.25) is 4.79 Å². The summed E-state index contributed by atoms with van der Waals surface area (Å²) in [5.41, 5.74) is 0.272. The zero-order valence-electron chi connectivity index (χ0n) is 10.7. The van der Waals surface area contributed by atoms with Crippen molar-refractivity contribution in [3.63, 3.8) is 0 Å². The lowest BCUT2D eigenvalue weighted by Crippen LogP contribution is -2.36. The van der Waals surface area contributed by atoms with Crippen LogP contribution < -0.4 is 10.6 Å². The Morgan fingerprint density at radius 1 is 1.42 bits per heavy atom. The molecule has 1 aliphatic heterocycles. The maximum atomic E-state index is 13.6. The topological polar surface area (TPSA) is 41.1 Å². The summed E-state index contributed by atoms with van der Waals surface area (Å²) in [5.74, 6) is -0.593. The van der Waals surface area contributed by atoms with Crippen molar-refractivity contribution in [3.8, 4) is 0 Å². The first-order chi connectivity index (χ1) is 9.16. The van der Waals surface area contributed by atoms with Crippen LogP contribution in [0.3, 0.4) is 0 Å². The molecular formula is C14H18ClFN2O. The smallest absolute Gasteiger partial charge is 0.224 e. The van der Waals surface area contributed by atoms with Crippen LogP contribution in [0.5, 0.6) is 0 Å². The van der Waals surface area contributed by atoms with Gasteiger partial charge in [0.25, 0.3) is 0 Å². The lowest BCUT2D eigenvalue weighted by atomic mass is 10.1. The van der Waals surface area contributed by atoms with E-state index in [9.17, 15) is 9.18 Å². The summed E-state index contributed by atoms with van der Waals surface area (Å²) in [4.78, 5) is 11.9. The van der Waals surface area contributed by atoms with Crippen molar-refractivity contribution >= 4 is 17.5 Å². The molecule has 5 heteroatoms. The number of hydrogen-bond donors (Lipinski definition) is 2. The van der Waals surface area contributed by atoms with Crippen LogP contribution in [-0.4, -0.2) is 25.0 Å². The van der Waals surface area contributed by atoms with Crippen LogP contribution in [0.4, 0.5) is 4.39 Å². The van der Waals surface area contributed by atoms with Gasteiger partial charge in [-0.1, -0.05) is 17.7 Å². The first-order valence-corrected chi connectivity index (χ1v) is 6.97. The second-order valence-electron chi connectivity index (χ2n) is 4.82. The highest BCUT2D eigenvalue weighted by Crippen LogP contribution is 2.19. The first kappa shape index (κ1) is 14.3. The number of carbonyl (C=O) groups excluding carboxylic acids is 1. The van der Waals surface area contributed by atoms with Crippen molar-refractivity contribution in [3.05, 3.63) is 34.6 Å². The maximum absolute atomic E-state index is 13.6. The molecular weight excluding hydrogens is 267 g/mol. The van der Waals surface area contributed by atoms with E-state index in [0.29, 0.717) is 5.02 Å². The van der Waals surface area contributed by atoms with Crippen LogP contribution in [0.25, 0.3) is 0 Å². The highest BCUT2D eigenvalue weighted by Gasteiger charge is 2.17. The minimum Gasteiger partial charge on any atom is -0.353 e. The average molecular weight is 285 g/mol. The lowest BCUT2D eigenvalue weighted by molar-refractivity contribution is -0.121. The quantitative estimate of drug-likeness (QED) is 0.894. The molecule has 0 radical (unpaired) electrons. The molecule has 1 fully saturated rings. The maximum Gasteiger partial charge on any atom is 0.224 e. The van der Waals surface area contributed by atoms with E-state index in [2.05, 4.69) is 10.6 Å². The summed E-state index contributed by atoms with van der Waals surface area (Å²) in [6, 6.07) is 4.64. The Morgan fingerprint density at radius 2 is 2.26 bits per heavy atom. The predicted octanol–water partition coefficient (Wildman–Crippen LogP) is 2.28. The summed E-state index contributed by atoms with van der Waals surface area (Å²) in [5, 5.41) is 6.55. The van der Waals surface area contributed by atoms with Crippen LogP contribution >= 0.6 is 11.6 Å². The second-order valence-corrected chi connectivity index (χ2v) is 5.23. The molecule has 0 aromatic heterocycles. The van der Waals surface area contributed by atoms with Crippen molar-refractivity contribution in [2.45, 2.75) is 31.7 Å². The van der Waals surface area contributed by atoms with Crippen LogP contribution in [-0.2, 0) is 11.2 Å². The minimum absolute atomic E-state index is 0.00453. The van der Waals surface area contributed by atoms with Gasteiger partial charge in [0.05, 0.1) is 6.42 Å². The van der Waals surface area contributed by atoms with Crippen molar-refractivity contribution < 1.29 is 9.18 Å². The highest BCUT2D eigenvalue weighted by atomic mass is 35.5. The third-order valence-electron chi connectivity index (χ3n) is 3.34. The molecule has 0 spiro atoms. The van der Waals surface area contributed by atoms with E-state index in [1.807, 2.05) is 0 Å². The molecule has 104 valence electrons. The summed E-state index contributed by atoms with van der Waals surface area (Å²) < 4.78 is 13.6. The standard InChI is InChI=1S/C14H18ClFN2O/c15-12-4-1-5-13(16)11(12)9-14(19)18-10-3-2-7-17-8-6-10/h1,4-5,10,17H,2-3,6-9H2,(H,18,19). The molecule has 1 saturated heterocycles. The van der Waals surface area contributed by atoms with Gasteiger partial charge in [-0.25, -0.2) is 4.39 Å². The van der Waals surface area contributed by atoms with Crippen LogP contribution in [0.15, 0.2) is 18.2 Å². The Morgan fingerprint density at radius 3 is 3.05 bits per heavy atom. The minimum atomic E-state index is -0.426. The van der Waals surface area contributed by atoms with Crippen LogP contribution in [0.1, 0.15) is 24.8 Å². The Balaban J connectivity index is 1.93. The SMILES string of the molecule is O=C(Cc1c(F)cccc1Cl)NC1CCCNCC1. The van der Waals surface area contributed by atoms with Gasteiger partial charge >= 0.3 is 0 Å². The normalized spacial score (nSPS) is 19.8. The fourth-order valence-electron chi connectivity index (χ4n) is 2.30. The molecule has 1 amide bonds. The number of nitrogens with one attached hydrogen (secondary N) is 2. The van der Waals surface area contributed by atoms with E-state index >= 15 is 0 Å². The van der Waals surface area contributed by atoms with E-state index in [-0.39, 0.29) is 23.9 Å². The van der Waals surface area contributed by atoms with Crippen LogP contribution in [0.2, 0.25) is 5.02 Å². The fraction of sp³-hybridized carbons (Fsp3) is 0.500. The molecule has 2 N–H and O–H groups in total. The zero-order valence-corrected chi connectivity index (χ0v) is 11.5. The zero-order chi connectivity index (χ0) is 13.7. The molecule has 1 heterocycles. The number of amides is 1. The molecule has 0 aliphatic carbocycles. The molecule has 0 bridgehead atoms. The van der Waals surface area contributed by atoms with E-state index < -0.39 is 5.82 Å². The molecule has 1 aliphatic rings. The van der Waals surface area contributed by atoms with Crippen molar-refractivity contribution in [2.75, 3.05) is 13.1 Å². The molecule has 19 heavy (non-hydrogen) atoms. The van der Waals surface area contributed by atoms with Crippen molar-refractivity contribution in [1.29, 1.82) is 0 Å². The van der Waals surface area contributed by atoms with Gasteiger partial charge in [-0.05, 0) is 44.5 Å². The van der Waals surface area contributed by atoms with Gasteiger partial charge in [0.15, 0.2) is 0 Å². The van der Waals surface area contributed by atoms with E-state index in [1.165, 1.54) is 12.1 Å². The molecule has 1 unspecified atom stereocenters. The van der Waals surface area contributed by atoms with Gasteiger partial charge < -0.3 is 10.6 Å². The number of rotatable bonds is 3. The van der Waals surface area contributed by atoms with Crippen molar-refractivity contribution in [1.82, 2.24) is 10.6 Å². The predicted molar refractivity (Wildman–Crippen MR) is 73.8 cm³/mol. The van der Waals surface area contributed by atoms with Gasteiger partial charge in [0.2, 0.25) is 5.91 Å². The molecule has 0 saturated carbocycles. The largest absolute Gasteiger partial charge is 0.353 e. The molecule has 2 rings (SSSR count). The Labute approximate surface area is 117 Å². The molecule has 1 aromatic rings. The van der Waals surface area contributed by atoms with Gasteiger partial charge in [0.1, 0.15) is 5.82 Å². The van der Waals surface area contributed by atoms with E-state index in [4.69, 9.17) is 11.6 Å². The lowest BCUT2D eigenvalue weighted by Gasteiger charge is -2.16. The molecule has 1 aromatic carbocycles. The fourth-order valence-corrected chi connectivity index (χ4v) is 2.53. The second kappa shape index (κ2) is 6.87.